The molecule has 5 rings (SSSR count). The fourth-order valence-corrected chi connectivity index (χ4v) is 13.0. The Hall–Kier alpha value is -3.08. The third-order valence-corrected chi connectivity index (χ3v) is 15.7. The quantitative estimate of drug-likeness (QED) is 0.205. The molecule has 3 saturated carbocycles. The van der Waals surface area contributed by atoms with Crippen LogP contribution in [0.4, 0.5) is 0 Å². The van der Waals surface area contributed by atoms with E-state index < -0.39 is 29.4 Å². The highest BCUT2D eigenvalue weighted by Gasteiger charge is 2.70. The summed E-state index contributed by atoms with van der Waals surface area (Å²) in [5, 5.41) is 2.62. The summed E-state index contributed by atoms with van der Waals surface area (Å²) in [7, 11) is 1.31. The first-order valence-corrected chi connectivity index (χ1v) is 19.6. The number of carbonyl (C=O) groups excluding carboxylic acids is 5. The van der Waals surface area contributed by atoms with Gasteiger partial charge >= 0.3 is 17.9 Å². The van der Waals surface area contributed by atoms with E-state index in [-0.39, 0.29) is 61.9 Å². The molecule has 0 spiro atoms. The van der Waals surface area contributed by atoms with Gasteiger partial charge in [-0.2, -0.15) is 11.8 Å². The lowest BCUT2D eigenvalue weighted by atomic mass is 9.31. The number of ether oxygens (including phenoxy) is 3. The van der Waals surface area contributed by atoms with E-state index >= 15 is 0 Å². The molecule has 0 radical (unpaired) electrons. The lowest BCUT2D eigenvalue weighted by Crippen LogP contribution is -2.66. The van der Waals surface area contributed by atoms with Gasteiger partial charge in [0, 0.05) is 42.8 Å². The van der Waals surface area contributed by atoms with Gasteiger partial charge in [-0.1, -0.05) is 34.6 Å². The average molecular weight is 727 g/mol. The Labute approximate surface area is 307 Å². The van der Waals surface area contributed by atoms with Gasteiger partial charge in [-0.15, -0.1) is 0 Å². The van der Waals surface area contributed by atoms with Gasteiger partial charge in [-0.05, 0) is 115 Å². The number of nitrogens with two attached hydrogens (primary N) is 1. The van der Waals surface area contributed by atoms with Gasteiger partial charge in [0.2, 0.25) is 11.8 Å². The largest absolute Gasteiger partial charge is 0.467 e. The van der Waals surface area contributed by atoms with E-state index in [0.717, 1.165) is 74.5 Å². The highest BCUT2D eigenvalue weighted by atomic mass is 32.2. The van der Waals surface area contributed by atoms with Crippen LogP contribution in [-0.2, 0) is 34.1 Å². The van der Waals surface area contributed by atoms with Crippen molar-refractivity contribution in [1.82, 2.24) is 5.32 Å². The van der Waals surface area contributed by atoms with Crippen molar-refractivity contribution in [3.63, 3.8) is 0 Å². The minimum atomic E-state index is -0.844. The monoisotopic (exact) mass is 726 g/mol. The molecule has 4 aliphatic carbocycles. The number of benzene rings is 1. The molecule has 11 heteroatoms. The Morgan fingerprint density at radius 3 is 2.16 bits per heavy atom. The maximum Gasteiger partial charge on any atom is 0.329 e. The molecule has 4 aliphatic rings. The van der Waals surface area contributed by atoms with Gasteiger partial charge < -0.3 is 25.3 Å². The highest BCUT2D eigenvalue weighted by Crippen LogP contribution is 2.77. The first-order valence-electron chi connectivity index (χ1n) is 18.5. The third-order valence-electron chi connectivity index (χ3n) is 14.4. The molecule has 282 valence electrons. The van der Waals surface area contributed by atoms with Gasteiger partial charge in [-0.25, -0.2) is 4.79 Å². The van der Waals surface area contributed by atoms with E-state index in [4.69, 9.17) is 19.9 Å². The first kappa shape index (κ1) is 39.1. The smallest absolute Gasteiger partial charge is 0.329 e. The van der Waals surface area contributed by atoms with Gasteiger partial charge in [0.1, 0.15) is 6.04 Å². The average Bonchev–Trinajstić information content (AvgIpc) is 3.05. The molecule has 0 aliphatic heterocycles. The van der Waals surface area contributed by atoms with Crippen LogP contribution in [0.5, 0.6) is 11.5 Å². The number of thioether (sulfide) groups is 1. The SMILES string of the molecule is CC[C@@]12CC[C@@]3(C)c4cc(OC(C)=O)c(OC(C)=O)c(C)c4C(SC[C@H](NC(C)=O)C(=O)OC)CC3[C@@]1(C)CC[C@@]1(C)CC[C@@](C)(C(N)=O)C[C@H]12. The number of nitrogens with one attached hydrogen (secondary N) is 1. The van der Waals surface area contributed by atoms with Crippen molar-refractivity contribution in [2.45, 2.75) is 137 Å². The number of fused-ring (bicyclic) bond motifs is 7. The fraction of sp³-hybridized carbons (Fsp3) is 0.725. The van der Waals surface area contributed by atoms with E-state index in [0.29, 0.717) is 5.92 Å². The highest BCUT2D eigenvalue weighted by molar-refractivity contribution is 7.99. The van der Waals surface area contributed by atoms with Crippen LogP contribution in [0.1, 0.15) is 135 Å². The van der Waals surface area contributed by atoms with E-state index in [9.17, 15) is 24.0 Å². The van der Waals surface area contributed by atoms with Gasteiger partial charge in [0.05, 0.1) is 7.11 Å². The van der Waals surface area contributed by atoms with E-state index in [1.54, 1.807) is 11.8 Å². The van der Waals surface area contributed by atoms with Crippen LogP contribution in [0.3, 0.4) is 0 Å². The van der Waals surface area contributed by atoms with Crippen molar-refractivity contribution >= 4 is 41.5 Å². The van der Waals surface area contributed by atoms with Crippen LogP contribution in [0, 0.1) is 40.4 Å². The second kappa shape index (κ2) is 13.7. The Balaban J connectivity index is 1.70. The van der Waals surface area contributed by atoms with Crippen molar-refractivity contribution < 1.29 is 38.2 Å². The summed E-state index contributed by atoms with van der Waals surface area (Å²) in [4.78, 5) is 62.7. The van der Waals surface area contributed by atoms with Crippen molar-refractivity contribution in [1.29, 1.82) is 0 Å². The van der Waals surface area contributed by atoms with Crippen molar-refractivity contribution in [2.24, 2.45) is 39.2 Å². The van der Waals surface area contributed by atoms with Gasteiger partial charge in [0.25, 0.3) is 0 Å². The standard InChI is InChI=1S/C40H58N2O8S/c1-11-40-17-15-38(8)26-18-28(49-24(4)44)33(50-25(5)45)22(2)32(26)29(51-21-27(34(46)48-10)42-23(3)43)19-30(38)39(40,9)16-14-36(6)12-13-37(7,35(41)47)20-31(36)40/h18,27,29-31H,11-17,19-21H2,1-10H3,(H2,41,47)(H,42,43)/t27-,29?,30?,31+,36+,37+,38-,39+,40-/m0/s1. The van der Waals surface area contributed by atoms with Gasteiger partial charge in [-0.3, -0.25) is 19.2 Å². The summed E-state index contributed by atoms with van der Waals surface area (Å²) in [6, 6.07) is 1.08. The van der Waals surface area contributed by atoms with Crippen molar-refractivity contribution in [3.05, 3.63) is 22.8 Å². The molecule has 0 bridgehead atoms. The summed E-state index contributed by atoms with van der Waals surface area (Å²) >= 11 is 1.60. The maximum atomic E-state index is 12.9. The predicted octanol–water partition coefficient (Wildman–Crippen LogP) is 6.86. The zero-order chi connectivity index (χ0) is 37.9. The van der Waals surface area contributed by atoms with Crippen LogP contribution in [0.25, 0.3) is 0 Å². The van der Waals surface area contributed by atoms with E-state index in [2.05, 4.69) is 39.9 Å². The molecule has 9 atom stereocenters. The summed E-state index contributed by atoms with van der Waals surface area (Å²) in [5.74, 6) is -0.835. The Morgan fingerprint density at radius 1 is 0.941 bits per heavy atom. The molecule has 0 saturated heterocycles. The molecule has 2 amide bonds. The molecule has 1 aromatic carbocycles. The minimum absolute atomic E-state index is 0.0375. The van der Waals surface area contributed by atoms with Crippen LogP contribution in [0.2, 0.25) is 0 Å². The number of hydrogen-bond donors (Lipinski definition) is 2. The summed E-state index contributed by atoms with van der Waals surface area (Å²) in [6.45, 7) is 17.6. The maximum absolute atomic E-state index is 12.9. The van der Waals surface area contributed by atoms with Crippen molar-refractivity contribution in [3.8, 4) is 11.5 Å². The Morgan fingerprint density at radius 2 is 1.59 bits per heavy atom. The van der Waals surface area contributed by atoms with Crippen LogP contribution >= 0.6 is 11.8 Å². The number of primary amides is 1. The number of hydrogen-bond acceptors (Lipinski definition) is 9. The van der Waals surface area contributed by atoms with E-state index in [1.807, 2.05) is 13.0 Å². The zero-order valence-corrected chi connectivity index (χ0v) is 33.0. The summed E-state index contributed by atoms with van der Waals surface area (Å²) in [5.41, 5.74) is 8.02. The number of esters is 3. The molecular formula is C40H58N2O8S. The predicted molar refractivity (Wildman–Crippen MR) is 196 cm³/mol. The zero-order valence-electron chi connectivity index (χ0n) is 32.2. The van der Waals surface area contributed by atoms with Crippen molar-refractivity contribution in [2.75, 3.05) is 12.9 Å². The molecule has 3 N–H and O–H groups in total. The van der Waals surface area contributed by atoms with Crippen LogP contribution in [0.15, 0.2) is 6.07 Å². The Kier molecular flexibility index (Phi) is 10.5. The number of rotatable bonds is 9. The second-order valence-electron chi connectivity index (χ2n) is 17.0. The van der Waals surface area contributed by atoms with E-state index in [1.165, 1.54) is 27.9 Å². The third kappa shape index (κ3) is 6.37. The Bertz CT molecular complexity index is 1630. The molecule has 2 unspecified atom stereocenters. The van der Waals surface area contributed by atoms with Gasteiger partial charge in [0.15, 0.2) is 11.5 Å². The van der Waals surface area contributed by atoms with Crippen LogP contribution < -0.4 is 20.5 Å². The number of carbonyl (C=O) groups is 5. The fourth-order valence-electron chi connectivity index (χ4n) is 11.5. The first-order chi connectivity index (χ1) is 23.7. The molecule has 10 nitrogen and oxygen atoms in total. The summed E-state index contributed by atoms with van der Waals surface area (Å²) in [6.07, 6.45) is 8.38. The second-order valence-corrected chi connectivity index (χ2v) is 18.3. The topological polar surface area (TPSA) is 151 Å². The lowest BCUT2D eigenvalue weighted by Gasteiger charge is -2.73. The molecule has 51 heavy (non-hydrogen) atoms. The molecule has 0 heterocycles. The normalized spacial score (nSPS) is 35.8. The molecule has 3 fully saturated rings. The molecular weight excluding hydrogens is 669 g/mol. The minimum Gasteiger partial charge on any atom is -0.467 e. The number of amides is 2. The van der Waals surface area contributed by atoms with Crippen LogP contribution in [-0.4, -0.2) is 48.6 Å². The molecule has 0 aromatic heterocycles. The lowest BCUT2D eigenvalue weighted by molar-refractivity contribution is -0.220. The number of methoxy groups -OCH3 is 1. The summed E-state index contributed by atoms with van der Waals surface area (Å²) < 4.78 is 16.6. The molecule has 1 aromatic rings.